The van der Waals surface area contributed by atoms with Crippen LogP contribution in [-0.2, 0) is 0 Å². The van der Waals surface area contributed by atoms with Crippen LogP contribution in [0.1, 0.15) is 59.8 Å². The summed E-state index contributed by atoms with van der Waals surface area (Å²) in [5.74, 6) is 1.56. The largest absolute Gasteiger partial charge is 0.310 e. The summed E-state index contributed by atoms with van der Waals surface area (Å²) >= 11 is 7.26. The smallest absolute Gasteiger partial charge is 0.0491 e. The Morgan fingerprint density at radius 2 is 1.09 bits per heavy atom. The lowest BCUT2D eigenvalue weighted by atomic mass is 9.66. The molecule has 7 rings (SSSR count). The molecule has 1 saturated carbocycles. The third kappa shape index (κ3) is 4.27. The fraction of sp³-hybridized carbons (Fsp3) is 0.250. The number of halogens is 2. The van der Waals surface area contributed by atoms with Crippen LogP contribution >= 0.6 is 31.9 Å². The number of hydrogen-bond acceptors (Lipinski definition) is 1. The molecular formula is C32H29Br2N. The van der Waals surface area contributed by atoms with Crippen LogP contribution in [0.3, 0.4) is 0 Å². The summed E-state index contributed by atoms with van der Waals surface area (Å²) < 4.78 is 2.20. The first-order valence-electron chi connectivity index (χ1n) is 12.5. The van der Waals surface area contributed by atoms with Gasteiger partial charge < -0.3 is 4.90 Å². The first-order valence-corrected chi connectivity index (χ1v) is 14.1. The Labute approximate surface area is 225 Å². The molecule has 0 aliphatic heterocycles. The van der Waals surface area contributed by atoms with Crippen LogP contribution in [0.5, 0.6) is 0 Å². The van der Waals surface area contributed by atoms with Gasteiger partial charge in [-0.05, 0) is 133 Å². The van der Waals surface area contributed by atoms with Crippen molar-refractivity contribution in [2.75, 3.05) is 4.90 Å². The van der Waals surface area contributed by atoms with Crippen LogP contribution in [0.4, 0.5) is 17.1 Å². The van der Waals surface area contributed by atoms with E-state index in [9.17, 15) is 0 Å². The average Bonchev–Trinajstić information content (AvgIpc) is 2.87. The van der Waals surface area contributed by atoms with Crippen LogP contribution in [0, 0.1) is 13.8 Å². The molecule has 1 nitrogen and oxygen atoms in total. The normalized spacial score (nSPS) is 18.4. The number of hydrogen-bond donors (Lipinski definition) is 0. The number of benzene rings is 4. The van der Waals surface area contributed by atoms with Crippen LogP contribution < -0.4 is 4.90 Å². The molecule has 0 atom stereocenters. The van der Waals surface area contributed by atoms with Gasteiger partial charge in [-0.2, -0.15) is 0 Å². The first kappa shape index (κ1) is 23.1. The van der Waals surface area contributed by atoms with E-state index < -0.39 is 0 Å². The Morgan fingerprint density at radius 1 is 0.571 bits per heavy atom. The molecule has 0 radical (unpaired) electrons. The lowest BCUT2D eigenvalue weighted by Crippen LogP contribution is -2.21. The highest BCUT2D eigenvalue weighted by Crippen LogP contribution is 2.50. The Hall–Kier alpha value is -2.36. The number of fused-ring (bicyclic) bond motifs is 2. The molecule has 0 saturated heterocycles. The SMILES string of the molecule is Cc1cc(Br)ccc1N(c1ccc(-c2ccc3c(c2)C2CCC3CC2)cc1)c1ccc(Br)cc1C. The molecule has 0 N–H and O–H groups in total. The number of aryl methyl sites for hydroxylation is 2. The molecule has 3 heteroatoms. The van der Waals surface area contributed by atoms with Crippen molar-refractivity contribution in [2.45, 2.75) is 51.4 Å². The molecule has 176 valence electrons. The van der Waals surface area contributed by atoms with Gasteiger partial charge in [0.15, 0.2) is 0 Å². The second kappa shape index (κ2) is 9.26. The zero-order chi connectivity index (χ0) is 24.1. The topological polar surface area (TPSA) is 3.24 Å². The van der Waals surface area contributed by atoms with E-state index in [2.05, 4.69) is 129 Å². The Kier molecular flexibility index (Phi) is 6.10. The highest BCUT2D eigenvalue weighted by Gasteiger charge is 2.32. The Balaban J connectivity index is 1.40. The Morgan fingerprint density at radius 3 is 1.63 bits per heavy atom. The van der Waals surface area contributed by atoms with Crippen molar-refractivity contribution in [3.63, 3.8) is 0 Å². The van der Waals surface area contributed by atoms with Gasteiger partial charge in [0.25, 0.3) is 0 Å². The van der Waals surface area contributed by atoms with Crippen molar-refractivity contribution in [2.24, 2.45) is 0 Å². The van der Waals surface area contributed by atoms with Gasteiger partial charge in [0.1, 0.15) is 0 Å². The van der Waals surface area contributed by atoms with Gasteiger partial charge in [0.05, 0.1) is 0 Å². The van der Waals surface area contributed by atoms with E-state index in [-0.39, 0.29) is 0 Å². The summed E-state index contributed by atoms with van der Waals surface area (Å²) in [7, 11) is 0. The van der Waals surface area contributed by atoms with Crippen molar-refractivity contribution in [3.8, 4) is 11.1 Å². The highest BCUT2D eigenvalue weighted by atomic mass is 79.9. The minimum Gasteiger partial charge on any atom is -0.310 e. The van der Waals surface area contributed by atoms with E-state index in [1.807, 2.05) is 0 Å². The molecule has 0 unspecified atom stereocenters. The summed E-state index contributed by atoms with van der Waals surface area (Å²) in [6.45, 7) is 4.35. The highest BCUT2D eigenvalue weighted by molar-refractivity contribution is 9.10. The maximum atomic E-state index is 3.63. The fourth-order valence-electron chi connectivity index (χ4n) is 6.15. The maximum absolute atomic E-state index is 3.63. The summed E-state index contributed by atoms with van der Waals surface area (Å²) in [4.78, 5) is 2.37. The zero-order valence-electron chi connectivity index (χ0n) is 20.2. The quantitative estimate of drug-likeness (QED) is 0.230. The summed E-state index contributed by atoms with van der Waals surface area (Å²) in [6.07, 6.45) is 5.50. The third-order valence-corrected chi connectivity index (χ3v) is 8.94. The molecule has 0 aromatic heterocycles. The molecule has 4 aromatic carbocycles. The van der Waals surface area contributed by atoms with Crippen molar-refractivity contribution in [1.82, 2.24) is 0 Å². The molecule has 0 spiro atoms. The van der Waals surface area contributed by atoms with E-state index in [1.165, 1.54) is 65.0 Å². The molecule has 4 aromatic rings. The van der Waals surface area contributed by atoms with Gasteiger partial charge in [-0.1, -0.05) is 62.2 Å². The molecule has 0 heterocycles. The van der Waals surface area contributed by atoms with Crippen LogP contribution in [-0.4, -0.2) is 0 Å². The average molecular weight is 587 g/mol. The van der Waals surface area contributed by atoms with Gasteiger partial charge in [-0.15, -0.1) is 0 Å². The molecule has 1 fully saturated rings. The molecule has 35 heavy (non-hydrogen) atoms. The number of anilines is 3. The van der Waals surface area contributed by atoms with Crippen LogP contribution in [0.25, 0.3) is 11.1 Å². The van der Waals surface area contributed by atoms with Gasteiger partial charge in [-0.3, -0.25) is 0 Å². The molecule has 3 aliphatic carbocycles. The predicted molar refractivity (Wildman–Crippen MR) is 155 cm³/mol. The Bertz CT molecular complexity index is 1350. The van der Waals surface area contributed by atoms with Crippen LogP contribution in [0.15, 0.2) is 87.8 Å². The lowest BCUT2D eigenvalue weighted by Gasteiger charge is -2.38. The van der Waals surface area contributed by atoms with Crippen molar-refractivity contribution in [1.29, 1.82) is 0 Å². The summed E-state index contributed by atoms with van der Waals surface area (Å²) in [5.41, 5.74) is 11.9. The van der Waals surface area contributed by atoms with Crippen molar-refractivity contribution < 1.29 is 0 Å². The maximum Gasteiger partial charge on any atom is 0.0491 e. The third-order valence-electron chi connectivity index (χ3n) is 7.95. The van der Waals surface area contributed by atoms with E-state index in [1.54, 1.807) is 11.1 Å². The van der Waals surface area contributed by atoms with E-state index in [4.69, 9.17) is 0 Å². The van der Waals surface area contributed by atoms with E-state index >= 15 is 0 Å². The summed E-state index contributed by atoms with van der Waals surface area (Å²) in [5, 5.41) is 0. The minimum atomic E-state index is 0.769. The molecular weight excluding hydrogens is 558 g/mol. The second-order valence-corrected chi connectivity index (χ2v) is 12.0. The van der Waals surface area contributed by atoms with Gasteiger partial charge >= 0.3 is 0 Å². The van der Waals surface area contributed by atoms with Gasteiger partial charge in [0.2, 0.25) is 0 Å². The zero-order valence-corrected chi connectivity index (χ0v) is 23.4. The number of nitrogens with zero attached hydrogens (tertiary/aromatic N) is 1. The summed E-state index contributed by atoms with van der Waals surface area (Å²) in [6, 6.07) is 29.4. The lowest BCUT2D eigenvalue weighted by molar-refractivity contribution is 0.359. The minimum absolute atomic E-state index is 0.769. The van der Waals surface area contributed by atoms with E-state index in [0.29, 0.717) is 0 Å². The fourth-order valence-corrected chi connectivity index (χ4v) is 7.10. The molecule has 0 amide bonds. The van der Waals surface area contributed by atoms with Gasteiger partial charge in [0, 0.05) is 26.0 Å². The van der Waals surface area contributed by atoms with Gasteiger partial charge in [-0.25, -0.2) is 0 Å². The van der Waals surface area contributed by atoms with E-state index in [0.717, 1.165) is 20.8 Å². The van der Waals surface area contributed by atoms with Crippen molar-refractivity contribution >= 4 is 48.9 Å². The first-order chi connectivity index (χ1) is 17.0. The van der Waals surface area contributed by atoms with Crippen molar-refractivity contribution in [3.05, 3.63) is 110 Å². The molecule has 2 bridgehead atoms. The van der Waals surface area contributed by atoms with Crippen LogP contribution in [0.2, 0.25) is 0 Å². The monoisotopic (exact) mass is 585 g/mol. The number of rotatable bonds is 4. The molecule has 3 aliphatic rings. The predicted octanol–water partition coefficient (Wildman–Crippen LogP) is 10.7. The standard InChI is InChI=1S/C32H29Br2N/c1-20-17-26(33)10-15-31(20)35(32-16-11-27(34)18-21(32)2)28-12-7-22(8-13-28)25-9-14-29-23-3-5-24(6-4-23)30(29)19-25/h7-19,23-24H,3-6H2,1-2H3. The second-order valence-electron chi connectivity index (χ2n) is 10.1.